The summed E-state index contributed by atoms with van der Waals surface area (Å²) in [6.07, 6.45) is 0. The van der Waals surface area contributed by atoms with E-state index in [1.54, 1.807) is 0 Å². The van der Waals surface area contributed by atoms with Crippen LogP contribution in [0.15, 0.2) is 18.2 Å². The van der Waals surface area contributed by atoms with Gasteiger partial charge in [-0.2, -0.15) is 0 Å². The second-order valence-corrected chi connectivity index (χ2v) is 4.13. The maximum Gasteiger partial charge on any atom is 0.312 e. The predicted molar refractivity (Wildman–Crippen MR) is 66.9 cm³/mol. The van der Waals surface area contributed by atoms with Crippen molar-refractivity contribution in [2.24, 2.45) is 5.73 Å². The topological polar surface area (TPSA) is 96.2 Å². The van der Waals surface area contributed by atoms with Gasteiger partial charge in [0.05, 0.1) is 0 Å². The van der Waals surface area contributed by atoms with Crippen LogP contribution in [0.25, 0.3) is 0 Å². The summed E-state index contributed by atoms with van der Waals surface area (Å²) in [5.41, 5.74) is 7.95. The van der Waals surface area contributed by atoms with Crippen molar-refractivity contribution >= 4 is 11.9 Å². The molecule has 2 rings (SSSR count). The van der Waals surface area contributed by atoms with Crippen LogP contribution in [-0.4, -0.2) is 25.0 Å². The van der Waals surface area contributed by atoms with Gasteiger partial charge < -0.3 is 21.7 Å². The molecule has 6 heteroatoms. The van der Waals surface area contributed by atoms with Crippen LogP contribution in [0.5, 0.6) is 0 Å². The maximum atomic E-state index is 11.8. The highest BCUT2D eigenvalue weighted by Crippen LogP contribution is 2.16. The molecule has 0 spiro atoms. The minimum absolute atomic E-state index is 0.143. The Bertz CT molecular complexity index is 473. The van der Waals surface area contributed by atoms with Crippen LogP contribution in [0.4, 0.5) is 4.79 Å². The molecule has 18 heavy (non-hydrogen) atoms. The molecule has 0 atom stereocenters. The summed E-state index contributed by atoms with van der Waals surface area (Å²) in [7, 11) is 0. The zero-order valence-corrected chi connectivity index (χ0v) is 9.95. The van der Waals surface area contributed by atoms with Crippen molar-refractivity contribution in [3.8, 4) is 0 Å². The fourth-order valence-corrected chi connectivity index (χ4v) is 1.90. The molecule has 0 saturated carbocycles. The molecule has 1 heterocycles. The van der Waals surface area contributed by atoms with Gasteiger partial charge in [0.2, 0.25) is 0 Å². The maximum absolute atomic E-state index is 11.8. The molecule has 96 valence electrons. The average molecular weight is 248 g/mol. The van der Waals surface area contributed by atoms with Crippen molar-refractivity contribution in [3.63, 3.8) is 0 Å². The molecule has 0 aromatic heterocycles. The van der Waals surface area contributed by atoms with Gasteiger partial charge >= 0.3 is 6.03 Å². The van der Waals surface area contributed by atoms with Crippen molar-refractivity contribution in [2.75, 3.05) is 13.1 Å². The van der Waals surface area contributed by atoms with Gasteiger partial charge in [0.25, 0.3) is 5.91 Å². The van der Waals surface area contributed by atoms with E-state index in [9.17, 15) is 9.59 Å². The molecule has 1 aliphatic rings. The summed E-state index contributed by atoms with van der Waals surface area (Å²) in [6.45, 7) is 2.35. The van der Waals surface area contributed by atoms with Crippen molar-refractivity contribution in [2.45, 2.75) is 13.1 Å². The van der Waals surface area contributed by atoms with Gasteiger partial charge in [-0.1, -0.05) is 6.07 Å². The molecule has 0 bridgehead atoms. The van der Waals surface area contributed by atoms with Crippen LogP contribution in [0.2, 0.25) is 0 Å². The Hall–Kier alpha value is -2.08. The molecule has 3 amide bonds. The van der Waals surface area contributed by atoms with E-state index in [2.05, 4.69) is 16.0 Å². The molecular formula is C12H16N4O2. The standard InChI is InChI=1S/C12H16N4O2/c13-12(18)16-4-3-15-11(17)8-1-2-9-6-14-7-10(9)5-8/h1-2,5,14H,3-4,6-7H2,(H,15,17)(H3,13,16,18). The first-order chi connectivity index (χ1) is 8.66. The first-order valence-corrected chi connectivity index (χ1v) is 5.81. The molecule has 1 aromatic rings. The van der Waals surface area contributed by atoms with Gasteiger partial charge in [0.1, 0.15) is 0 Å². The second kappa shape index (κ2) is 5.50. The number of nitrogens with one attached hydrogen (secondary N) is 3. The van der Waals surface area contributed by atoms with Gasteiger partial charge in [-0.25, -0.2) is 4.79 Å². The number of rotatable bonds is 4. The molecule has 0 radical (unpaired) electrons. The highest BCUT2D eigenvalue weighted by molar-refractivity contribution is 5.94. The number of amides is 3. The highest BCUT2D eigenvalue weighted by atomic mass is 16.2. The number of nitrogens with two attached hydrogens (primary N) is 1. The minimum Gasteiger partial charge on any atom is -0.352 e. The Balaban J connectivity index is 1.87. The Morgan fingerprint density at radius 1 is 1.17 bits per heavy atom. The molecule has 0 fully saturated rings. The van der Waals surface area contributed by atoms with E-state index in [0.29, 0.717) is 18.7 Å². The number of urea groups is 1. The molecule has 6 nitrogen and oxygen atoms in total. The van der Waals surface area contributed by atoms with Crippen molar-refractivity contribution in [3.05, 3.63) is 34.9 Å². The van der Waals surface area contributed by atoms with E-state index in [4.69, 9.17) is 5.73 Å². The van der Waals surface area contributed by atoms with E-state index >= 15 is 0 Å². The molecule has 0 saturated heterocycles. The van der Waals surface area contributed by atoms with Gasteiger partial charge in [0, 0.05) is 31.7 Å². The smallest absolute Gasteiger partial charge is 0.312 e. The zero-order chi connectivity index (χ0) is 13.0. The van der Waals surface area contributed by atoms with E-state index < -0.39 is 6.03 Å². The lowest BCUT2D eigenvalue weighted by atomic mass is 10.1. The lowest BCUT2D eigenvalue weighted by Gasteiger charge is -2.07. The number of carbonyl (C=O) groups excluding carboxylic acids is 2. The summed E-state index contributed by atoms with van der Waals surface area (Å²) in [5.74, 6) is -0.143. The van der Waals surface area contributed by atoms with Gasteiger partial charge in [-0.3, -0.25) is 4.79 Å². The first kappa shape index (κ1) is 12.4. The van der Waals surface area contributed by atoms with Crippen molar-refractivity contribution < 1.29 is 9.59 Å². The summed E-state index contributed by atoms with van der Waals surface area (Å²) >= 11 is 0. The van der Waals surface area contributed by atoms with Crippen LogP contribution in [0.1, 0.15) is 21.5 Å². The minimum atomic E-state index is -0.590. The summed E-state index contributed by atoms with van der Waals surface area (Å²) in [6, 6.07) is 5.08. The fraction of sp³-hybridized carbons (Fsp3) is 0.333. The van der Waals surface area contributed by atoms with Crippen LogP contribution in [0, 0.1) is 0 Å². The zero-order valence-electron chi connectivity index (χ0n) is 9.95. The van der Waals surface area contributed by atoms with Crippen LogP contribution >= 0.6 is 0 Å². The number of benzene rings is 1. The van der Waals surface area contributed by atoms with E-state index in [1.807, 2.05) is 18.2 Å². The number of hydrogen-bond acceptors (Lipinski definition) is 3. The normalized spacial score (nSPS) is 12.9. The summed E-state index contributed by atoms with van der Waals surface area (Å²) < 4.78 is 0. The number of primary amides is 1. The Labute approximate surface area is 105 Å². The Kier molecular flexibility index (Phi) is 3.78. The van der Waals surface area contributed by atoms with Gasteiger partial charge in [-0.05, 0) is 23.3 Å². The molecule has 0 unspecified atom stereocenters. The van der Waals surface area contributed by atoms with Crippen LogP contribution in [0.3, 0.4) is 0 Å². The molecule has 1 aromatic carbocycles. The third-order valence-electron chi connectivity index (χ3n) is 2.81. The second-order valence-electron chi connectivity index (χ2n) is 4.13. The van der Waals surface area contributed by atoms with E-state index in [-0.39, 0.29) is 5.91 Å². The highest BCUT2D eigenvalue weighted by Gasteiger charge is 2.12. The number of carbonyl (C=O) groups is 2. The molecule has 5 N–H and O–H groups in total. The average Bonchev–Trinajstić information content (AvgIpc) is 2.81. The predicted octanol–water partition coefficient (Wildman–Crippen LogP) is -0.312. The monoisotopic (exact) mass is 248 g/mol. The van der Waals surface area contributed by atoms with E-state index in [0.717, 1.165) is 18.7 Å². The quantitative estimate of drug-likeness (QED) is 0.550. The van der Waals surface area contributed by atoms with Gasteiger partial charge in [-0.15, -0.1) is 0 Å². The summed E-state index contributed by atoms with van der Waals surface area (Å²) in [5, 5.41) is 8.35. The Morgan fingerprint density at radius 2 is 1.89 bits per heavy atom. The van der Waals surface area contributed by atoms with Crippen LogP contribution < -0.4 is 21.7 Å². The Morgan fingerprint density at radius 3 is 2.67 bits per heavy atom. The number of hydrogen-bond donors (Lipinski definition) is 4. The lowest BCUT2D eigenvalue weighted by molar-refractivity contribution is 0.0954. The molecular weight excluding hydrogens is 232 g/mol. The SMILES string of the molecule is NC(=O)NCCNC(=O)c1ccc2c(c1)CNC2. The third kappa shape index (κ3) is 2.98. The van der Waals surface area contributed by atoms with Crippen LogP contribution in [-0.2, 0) is 13.1 Å². The van der Waals surface area contributed by atoms with E-state index in [1.165, 1.54) is 5.56 Å². The van der Waals surface area contributed by atoms with Gasteiger partial charge in [0.15, 0.2) is 0 Å². The molecule has 1 aliphatic heterocycles. The fourth-order valence-electron chi connectivity index (χ4n) is 1.90. The third-order valence-corrected chi connectivity index (χ3v) is 2.81. The largest absolute Gasteiger partial charge is 0.352 e. The first-order valence-electron chi connectivity index (χ1n) is 5.81. The van der Waals surface area contributed by atoms with Crippen molar-refractivity contribution in [1.82, 2.24) is 16.0 Å². The number of fused-ring (bicyclic) bond motifs is 1. The molecule has 0 aliphatic carbocycles. The lowest BCUT2D eigenvalue weighted by Crippen LogP contribution is -2.37. The summed E-state index contributed by atoms with van der Waals surface area (Å²) in [4.78, 5) is 22.2. The van der Waals surface area contributed by atoms with Crippen molar-refractivity contribution in [1.29, 1.82) is 0 Å².